The van der Waals surface area contributed by atoms with Crippen molar-refractivity contribution in [3.8, 4) is 0 Å². The standard InChI is InChI=1S/C18H18F4N2O3S/c1-11-10-28-16(23-11)17(26,18(20,21)22)8-15(25)24-6-7-27-14(9-24)12-2-4-13(19)5-3-12/h2-5,10,14,26H,6-9H2,1H3/t14-,17+/m1/s1. The third kappa shape index (κ3) is 4.18. The SMILES string of the molecule is Cc1csc([C@@](O)(CC(=O)N2CCO[C@@H](c3ccc(F)cc3)C2)C(F)(F)F)n1. The first-order valence-corrected chi connectivity index (χ1v) is 9.34. The summed E-state index contributed by atoms with van der Waals surface area (Å²) in [6, 6.07) is 5.48. The van der Waals surface area contributed by atoms with E-state index in [0.29, 0.717) is 22.6 Å². The van der Waals surface area contributed by atoms with Crippen molar-refractivity contribution < 1.29 is 32.2 Å². The Hall–Kier alpha value is -2.04. The normalized spacial score (nSPS) is 20.1. The van der Waals surface area contributed by atoms with Crippen LogP contribution in [0.25, 0.3) is 0 Å². The fraction of sp³-hybridized carbons (Fsp3) is 0.444. The van der Waals surface area contributed by atoms with Crippen molar-refractivity contribution in [2.75, 3.05) is 19.7 Å². The highest BCUT2D eigenvalue weighted by Crippen LogP contribution is 2.43. The van der Waals surface area contributed by atoms with Gasteiger partial charge in [-0.05, 0) is 24.6 Å². The monoisotopic (exact) mass is 418 g/mol. The molecule has 0 bridgehead atoms. The Morgan fingerprint density at radius 3 is 2.61 bits per heavy atom. The number of hydrogen-bond donors (Lipinski definition) is 1. The Bertz CT molecular complexity index is 840. The number of benzene rings is 1. The summed E-state index contributed by atoms with van der Waals surface area (Å²) in [6.07, 6.45) is -6.81. The van der Waals surface area contributed by atoms with Gasteiger partial charge in [0.25, 0.3) is 0 Å². The molecule has 2 aromatic rings. The first-order valence-electron chi connectivity index (χ1n) is 8.47. The molecule has 28 heavy (non-hydrogen) atoms. The first-order chi connectivity index (χ1) is 13.1. The second kappa shape index (κ2) is 7.76. The van der Waals surface area contributed by atoms with Crippen LogP contribution in [0.1, 0.15) is 28.8 Å². The van der Waals surface area contributed by atoms with Gasteiger partial charge in [-0.15, -0.1) is 11.3 Å². The third-order valence-corrected chi connectivity index (χ3v) is 5.62. The Balaban J connectivity index is 1.77. The van der Waals surface area contributed by atoms with Gasteiger partial charge < -0.3 is 14.7 Å². The highest BCUT2D eigenvalue weighted by atomic mass is 32.1. The van der Waals surface area contributed by atoms with E-state index < -0.39 is 41.0 Å². The van der Waals surface area contributed by atoms with Crippen LogP contribution in [-0.2, 0) is 15.1 Å². The molecule has 0 unspecified atom stereocenters. The highest BCUT2D eigenvalue weighted by Gasteiger charge is 2.58. The van der Waals surface area contributed by atoms with Gasteiger partial charge in [-0.3, -0.25) is 4.79 Å². The van der Waals surface area contributed by atoms with Crippen molar-refractivity contribution in [1.82, 2.24) is 9.88 Å². The van der Waals surface area contributed by atoms with E-state index in [1.165, 1.54) is 41.5 Å². The molecule has 0 saturated carbocycles. The fourth-order valence-corrected chi connectivity index (χ4v) is 3.84. The lowest BCUT2D eigenvalue weighted by Crippen LogP contribution is -2.49. The molecule has 2 atom stereocenters. The van der Waals surface area contributed by atoms with E-state index in [0.717, 1.165) is 0 Å². The quantitative estimate of drug-likeness (QED) is 0.774. The maximum Gasteiger partial charge on any atom is 0.424 e. The minimum atomic E-state index is -5.06. The number of alkyl halides is 3. The number of rotatable bonds is 4. The number of aromatic nitrogens is 1. The van der Waals surface area contributed by atoms with E-state index in [-0.39, 0.29) is 19.7 Å². The number of nitrogens with zero attached hydrogens (tertiary/aromatic N) is 2. The van der Waals surface area contributed by atoms with Gasteiger partial charge in [0.05, 0.1) is 19.6 Å². The maximum absolute atomic E-state index is 13.6. The van der Waals surface area contributed by atoms with Crippen LogP contribution in [0.2, 0.25) is 0 Å². The fourth-order valence-electron chi connectivity index (χ4n) is 2.93. The van der Waals surface area contributed by atoms with Crippen LogP contribution in [0.3, 0.4) is 0 Å². The van der Waals surface area contributed by atoms with Crippen molar-refractivity contribution in [2.45, 2.75) is 31.2 Å². The van der Waals surface area contributed by atoms with Gasteiger partial charge in [-0.2, -0.15) is 13.2 Å². The summed E-state index contributed by atoms with van der Waals surface area (Å²) < 4.78 is 59.4. The number of aliphatic hydroxyl groups is 1. The second-order valence-corrected chi connectivity index (χ2v) is 7.44. The van der Waals surface area contributed by atoms with Crippen LogP contribution >= 0.6 is 11.3 Å². The van der Waals surface area contributed by atoms with Crippen LogP contribution in [0.5, 0.6) is 0 Å². The van der Waals surface area contributed by atoms with E-state index in [4.69, 9.17) is 4.74 Å². The predicted molar refractivity (Wildman–Crippen MR) is 93.1 cm³/mol. The Kier molecular flexibility index (Phi) is 5.74. The molecule has 1 aliphatic rings. The van der Waals surface area contributed by atoms with Gasteiger partial charge >= 0.3 is 6.18 Å². The van der Waals surface area contributed by atoms with Crippen LogP contribution < -0.4 is 0 Å². The zero-order chi connectivity index (χ0) is 20.5. The highest BCUT2D eigenvalue weighted by molar-refractivity contribution is 7.09. The molecule has 0 spiro atoms. The average Bonchev–Trinajstić information content (AvgIpc) is 3.08. The predicted octanol–water partition coefficient (Wildman–Crippen LogP) is 3.33. The van der Waals surface area contributed by atoms with Gasteiger partial charge in [0.2, 0.25) is 11.5 Å². The van der Waals surface area contributed by atoms with Gasteiger partial charge in [0.1, 0.15) is 16.9 Å². The number of halogens is 4. The zero-order valence-corrected chi connectivity index (χ0v) is 15.7. The molecule has 5 nitrogen and oxygen atoms in total. The summed E-state index contributed by atoms with van der Waals surface area (Å²) in [5.74, 6) is -1.29. The molecular formula is C18H18F4N2O3S. The molecule has 10 heteroatoms. The largest absolute Gasteiger partial charge is 0.424 e. The lowest BCUT2D eigenvalue weighted by Gasteiger charge is -2.35. The van der Waals surface area contributed by atoms with E-state index in [1.54, 1.807) is 0 Å². The summed E-state index contributed by atoms with van der Waals surface area (Å²) in [7, 11) is 0. The number of ether oxygens (including phenoxy) is 1. The molecule has 0 aliphatic carbocycles. The molecule has 152 valence electrons. The van der Waals surface area contributed by atoms with Gasteiger partial charge in [0, 0.05) is 17.6 Å². The van der Waals surface area contributed by atoms with Gasteiger partial charge in [-0.1, -0.05) is 12.1 Å². The smallest absolute Gasteiger partial charge is 0.374 e. The summed E-state index contributed by atoms with van der Waals surface area (Å²) in [5.41, 5.74) is -2.41. The number of thiazole rings is 1. The molecule has 1 N–H and O–H groups in total. The third-order valence-electron chi connectivity index (χ3n) is 4.51. The van der Waals surface area contributed by atoms with E-state index in [2.05, 4.69) is 4.98 Å². The molecule has 2 heterocycles. The minimum Gasteiger partial charge on any atom is -0.374 e. The molecule has 1 aliphatic heterocycles. The van der Waals surface area contributed by atoms with Crippen LogP contribution in [0.4, 0.5) is 17.6 Å². The Labute approximate surface area is 162 Å². The number of hydrogen-bond acceptors (Lipinski definition) is 5. The number of carbonyl (C=O) groups is 1. The average molecular weight is 418 g/mol. The van der Waals surface area contributed by atoms with Gasteiger partial charge in [-0.25, -0.2) is 9.37 Å². The van der Waals surface area contributed by atoms with E-state index in [1.807, 2.05) is 0 Å². The van der Waals surface area contributed by atoms with Crippen LogP contribution in [0.15, 0.2) is 29.6 Å². The molecule has 1 aromatic heterocycles. The van der Waals surface area contributed by atoms with Crippen molar-refractivity contribution in [1.29, 1.82) is 0 Å². The number of carbonyl (C=O) groups excluding carboxylic acids is 1. The maximum atomic E-state index is 13.6. The Morgan fingerprint density at radius 1 is 1.36 bits per heavy atom. The first kappa shape index (κ1) is 20.7. The molecule has 3 rings (SSSR count). The summed E-state index contributed by atoms with van der Waals surface area (Å²) >= 11 is 0.659. The molecule has 1 amide bonds. The lowest BCUT2D eigenvalue weighted by atomic mass is 9.98. The van der Waals surface area contributed by atoms with Crippen LogP contribution in [0, 0.1) is 12.7 Å². The summed E-state index contributed by atoms with van der Waals surface area (Å²) in [4.78, 5) is 17.6. The molecule has 1 fully saturated rings. The topological polar surface area (TPSA) is 62.7 Å². The molecule has 0 radical (unpaired) electrons. The molecule has 1 saturated heterocycles. The van der Waals surface area contributed by atoms with E-state index in [9.17, 15) is 27.5 Å². The Morgan fingerprint density at radius 2 is 2.04 bits per heavy atom. The lowest BCUT2D eigenvalue weighted by molar-refractivity contribution is -0.268. The molecule has 1 aromatic carbocycles. The number of amides is 1. The van der Waals surface area contributed by atoms with Crippen molar-refractivity contribution in [3.05, 3.63) is 51.7 Å². The van der Waals surface area contributed by atoms with Crippen molar-refractivity contribution in [2.24, 2.45) is 0 Å². The van der Waals surface area contributed by atoms with Crippen LogP contribution in [-0.4, -0.2) is 46.8 Å². The van der Waals surface area contributed by atoms with Crippen molar-refractivity contribution >= 4 is 17.2 Å². The van der Waals surface area contributed by atoms with E-state index >= 15 is 0 Å². The number of morpholine rings is 1. The second-order valence-electron chi connectivity index (χ2n) is 6.58. The molecular weight excluding hydrogens is 400 g/mol. The minimum absolute atomic E-state index is 0.00923. The zero-order valence-electron chi connectivity index (χ0n) is 14.9. The number of aryl methyl sites for hydroxylation is 1. The summed E-state index contributed by atoms with van der Waals surface area (Å²) in [5, 5.41) is 11.2. The van der Waals surface area contributed by atoms with Crippen molar-refractivity contribution in [3.63, 3.8) is 0 Å². The summed E-state index contributed by atoms with van der Waals surface area (Å²) in [6.45, 7) is 1.74. The van der Waals surface area contributed by atoms with Gasteiger partial charge in [0.15, 0.2) is 0 Å².